The number of hydrogen-bond acceptors (Lipinski definition) is 7. The summed E-state index contributed by atoms with van der Waals surface area (Å²) in [5.74, 6) is 1.36. The minimum atomic E-state index is -0.286. The number of benzene rings is 1. The van der Waals surface area contributed by atoms with Gasteiger partial charge < -0.3 is 10.1 Å². The Balaban J connectivity index is 1.72. The molecule has 1 atom stereocenters. The molecule has 3 rings (SSSR count). The van der Waals surface area contributed by atoms with Gasteiger partial charge in [0, 0.05) is 11.4 Å². The van der Waals surface area contributed by atoms with Crippen molar-refractivity contribution in [2.75, 3.05) is 12.4 Å². The van der Waals surface area contributed by atoms with Crippen LogP contribution in [0.15, 0.2) is 41.8 Å². The Hall–Kier alpha value is -2.43. The zero-order valence-corrected chi connectivity index (χ0v) is 18.7. The van der Waals surface area contributed by atoms with Gasteiger partial charge in [-0.3, -0.25) is 14.5 Å². The van der Waals surface area contributed by atoms with Gasteiger partial charge in [-0.1, -0.05) is 17.4 Å². The van der Waals surface area contributed by atoms with Crippen molar-refractivity contribution in [2.24, 2.45) is 0 Å². The lowest BCUT2D eigenvalue weighted by atomic mass is 10.3. The number of nitrogens with zero attached hydrogens (tertiary/aromatic N) is 3. The number of ether oxygens (including phenoxy) is 1. The molecule has 0 spiro atoms. The number of carbonyl (C=O) groups excluding carboxylic acids is 1. The van der Waals surface area contributed by atoms with Crippen LogP contribution in [0, 0.1) is 11.7 Å². The maximum Gasteiger partial charge on any atom is 0.239 e. The molecule has 3 aromatic rings. The van der Waals surface area contributed by atoms with Crippen molar-refractivity contribution in [2.45, 2.75) is 30.5 Å². The fraction of sp³-hybridized carbons (Fsp3) is 0.263. The number of anilines is 1. The van der Waals surface area contributed by atoms with E-state index in [2.05, 4.69) is 27.1 Å². The molecule has 10 heteroatoms. The first-order valence-corrected chi connectivity index (χ1v) is 10.9. The molecule has 2 aromatic heterocycles. The molecule has 0 radical (unpaired) electrons. The van der Waals surface area contributed by atoms with Gasteiger partial charge in [0.2, 0.25) is 5.91 Å². The molecule has 29 heavy (non-hydrogen) atoms. The summed E-state index contributed by atoms with van der Waals surface area (Å²) in [5.41, 5.74) is 0.778. The van der Waals surface area contributed by atoms with Gasteiger partial charge in [-0.15, -0.1) is 18.3 Å². The van der Waals surface area contributed by atoms with E-state index in [9.17, 15) is 4.79 Å². The number of aryl methyl sites for hydroxylation is 1. The Bertz CT molecular complexity index is 1070. The number of nitrogens with one attached hydrogen (secondary N) is 2. The molecule has 1 amide bonds. The van der Waals surface area contributed by atoms with Crippen LogP contribution in [0.5, 0.6) is 5.75 Å². The number of thiazole rings is 1. The molecule has 2 heterocycles. The lowest BCUT2D eigenvalue weighted by Crippen LogP contribution is -2.22. The number of rotatable bonds is 8. The fourth-order valence-corrected chi connectivity index (χ4v) is 4.61. The van der Waals surface area contributed by atoms with Gasteiger partial charge in [0.05, 0.1) is 22.9 Å². The van der Waals surface area contributed by atoms with Gasteiger partial charge in [-0.2, -0.15) is 5.10 Å². The van der Waals surface area contributed by atoms with E-state index >= 15 is 0 Å². The number of amides is 1. The monoisotopic (exact) mass is 447 g/mol. The molecule has 0 fully saturated rings. The molecule has 1 unspecified atom stereocenters. The van der Waals surface area contributed by atoms with E-state index in [4.69, 9.17) is 17.0 Å². The van der Waals surface area contributed by atoms with E-state index in [1.807, 2.05) is 42.7 Å². The van der Waals surface area contributed by atoms with Gasteiger partial charge in [-0.05, 0) is 50.3 Å². The average molecular weight is 448 g/mol. The molecule has 1 aromatic carbocycles. The summed E-state index contributed by atoms with van der Waals surface area (Å²) < 4.78 is 7.52. The zero-order chi connectivity index (χ0) is 21.0. The van der Waals surface area contributed by atoms with Gasteiger partial charge in [0.25, 0.3) is 0 Å². The Morgan fingerprint density at radius 2 is 2.21 bits per heavy atom. The quantitative estimate of drug-likeness (QED) is 0.296. The zero-order valence-electron chi connectivity index (χ0n) is 16.3. The highest BCUT2D eigenvalue weighted by molar-refractivity contribution is 8.00. The highest BCUT2D eigenvalue weighted by Gasteiger charge is 2.20. The van der Waals surface area contributed by atoms with Crippen LogP contribution in [0.2, 0.25) is 0 Å². The number of hydrogen-bond donors (Lipinski definition) is 2. The standard InChI is InChI=1S/C19H21N5O2S3/c1-5-10-24-16(22-23-19(24)27)15-11(2)20-18(29-15)21-17(25)12(3)28-14-8-6-13(26-4)7-9-14/h5-9,12H,1,10H2,2-4H3,(H,23,27)(H,20,21,25). The molecule has 0 bridgehead atoms. The van der Waals surface area contributed by atoms with E-state index in [0.29, 0.717) is 22.3 Å². The highest BCUT2D eigenvalue weighted by Crippen LogP contribution is 2.32. The number of allylic oxidation sites excluding steroid dienone is 1. The molecule has 0 saturated carbocycles. The second-order valence-corrected chi connectivity index (χ2v) is 8.91. The number of thioether (sulfide) groups is 1. The van der Waals surface area contributed by atoms with Crippen LogP contribution >= 0.6 is 35.3 Å². The average Bonchev–Trinajstić information content (AvgIpc) is 3.24. The molecule has 2 N–H and O–H groups in total. The van der Waals surface area contributed by atoms with Crippen molar-refractivity contribution in [3.05, 3.63) is 47.4 Å². The Morgan fingerprint density at radius 3 is 2.86 bits per heavy atom. The lowest BCUT2D eigenvalue weighted by molar-refractivity contribution is -0.115. The number of carbonyl (C=O) groups is 1. The lowest BCUT2D eigenvalue weighted by Gasteiger charge is -2.10. The largest absolute Gasteiger partial charge is 0.497 e. The fourth-order valence-electron chi connectivity index (χ4n) is 2.57. The number of aromatic amines is 1. The van der Waals surface area contributed by atoms with E-state index < -0.39 is 0 Å². The minimum absolute atomic E-state index is 0.115. The van der Waals surface area contributed by atoms with E-state index in [1.54, 1.807) is 13.2 Å². The summed E-state index contributed by atoms with van der Waals surface area (Å²) in [7, 11) is 1.62. The van der Waals surface area contributed by atoms with E-state index in [-0.39, 0.29) is 11.2 Å². The SMILES string of the molecule is C=CCn1c(-c2sc(NC(=O)C(C)Sc3ccc(OC)cc3)nc2C)n[nH]c1=S. The summed E-state index contributed by atoms with van der Waals surface area (Å²) >= 11 is 8.11. The summed E-state index contributed by atoms with van der Waals surface area (Å²) in [4.78, 5) is 18.9. The molecular formula is C19H21N5O2S3. The Labute approximate surface area is 182 Å². The summed E-state index contributed by atoms with van der Waals surface area (Å²) in [6.07, 6.45) is 1.76. The maximum absolute atomic E-state index is 12.6. The Morgan fingerprint density at radius 1 is 1.48 bits per heavy atom. The minimum Gasteiger partial charge on any atom is -0.497 e. The molecule has 0 aliphatic carbocycles. The van der Waals surface area contributed by atoms with Crippen molar-refractivity contribution in [1.29, 1.82) is 0 Å². The number of methoxy groups -OCH3 is 1. The van der Waals surface area contributed by atoms with Crippen LogP contribution in [0.25, 0.3) is 10.7 Å². The molecule has 0 aliphatic heterocycles. The third-order valence-corrected chi connectivity index (χ3v) is 6.53. The van der Waals surface area contributed by atoms with Crippen LogP contribution in [0.3, 0.4) is 0 Å². The third kappa shape index (κ3) is 4.95. The third-order valence-electron chi connectivity index (χ3n) is 4.04. The van der Waals surface area contributed by atoms with E-state index in [0.717, 1.165) is 21.2 Å². The molecule has 152 valence electrons. The van der Waals surface area contributed by atoms with Crippen molar-refractivity contribution in [1.82, 2.24) is 19.7 Å². The van der Waals surface area contributed by atoms with Crippen molar-refractivity contribution < 1.29 is 9.53 Å². The topological polar surface area (TPSA) is 84.8 Å². The van der Waals surface area contributed by atoms with Gasteiger partial charge >= 0.3 is 0 Å². The Kier molecular flexibility index (Phi) is 6.88. The predicted molar refractivity (Wildman–Crippen MR) is 120 cm³/mol. The van der Waals surface area contributed by atoms with Crippen molar-refractivity contribution >= 4 is 46.4 Å². The molecule has 0 saturated heterocycles. The first kappa shape index (κ1) is 21.3. The van der Waals surface area contributed by atoms with Crippen LogP contribution < -0.4 is 10.1 Å². The first-order chi connectivity index (χ1) is 13.9. The maximum atomic E-state index is 12.6. The summed E-state index contributed by atoms with van der Waals surface area (Å²) in [5, 5.41) is 10.3. The number of H-pyrrole nitrogens is 1. The predicted octanol–water partition coefficient (Wildman–Crippen LogP) is 4.69. The van der Waals surface area contributed by atoms with E-state index in [1.165, 1.54) is 23.1 Å². The molecule has 7 nitrogen and oxygen atoms in total. The van der Waals surface area contributed by atoms with Crippen LogP contribution in [-0.4, -0.2) is 38.0 Å². The van der Waals surface area contributed by atoms with Crippen LogP contribution in [0.1, 0.15) is 12.6 Å². The van der Waals surface area contributed by atoms with Crippen LogP contribution in [-0.2, 0) is 11.3 Å². The molecular weight excluding hydrogens is 426 g/mol. The molecule has 0 aliphatic rings. The summed E-state index contributed by atoms with van der Waals surface area (Å²) in [6, 6.07) is 7.61. The first-order valence-electron chi connectivity index (χ1n) is 8.78. The van der Waals surface area contributed by atoms with Gasteiger partial charge in [0.1, 0.15) is 5.75 Å². The van der Waals surface area contributed by atoms with Gasteiger partial charge in [0.15, 0.2) is 15.7 Å². The normalized spacial score (nSPS) is 11.8. The van der Waals surface area contributed by atoms with Crippen molar-refractivity contribution in [3.63, 3.8) is 0 Å². The van der Waals surface area contributed by atoms with Gasteiger partial charge in [-0.25, -0.2) is 4.98 Å². The summed E-state index contributed by atoms with van der Waals surface area (Å²) in [6.45, 7) is 8.04. The number of aromatic nitrogens is 4. The van der Waals surface area contributed by atoms with Crippen molar-refractivity contribution in [3.8, 4) is 16.5 Å². The second-order valence-electron chi connectivity index (χ2n) is 6.11. The van der Waals surface area contributed by atoms with Crippen LogP contribution in [0.4, 0.5) is 5.13 Å². The second kappa shape index (κ2) is 9.38. The smallest absolute Gasteiger partial charge is 0.239 e. The highest BCUT2D eigenvalue weighted by atomic mass is 32.2.